The monoisotopic (exact) mass is 268 g/mol. The minimum absolute atomic E-state index is 0.222. The van der Waals surface area contributed by atoms with Gasteiger partial charge in [0.1, 0.15) is 24.5 Å². The van der Waals surface area contributed by atoms with Crippen LogP contribution in [0.3, 0.4) is 0 Å². The summed E-state index contributed by atoms with van der Waals surface area (Å²) < 4.78 is 15.3. The second-order valence-electron chi connectivity index (χ2n) is 3.70. The Labute approximate surface area is 110 Å². The van der Waals surface area contributed by atoms with E-state index in [2.05, 4.69) is 0 Å². The van der Waals surface area contributed by atoms with E-state index in [-0.39, 0.29) is 12.2 Å². The molecule has 1 N–H and O–H groups in total. The number of ether oxygens (including phenoxy) is 3. The molecule has 0 unspecified atom stereocenters. The highest BCUT2D eigenvalue weighted by Gasteiger charge is 2.16. The number of rotatable bonds is 8. The van der Waals surface area contributed by atoms with Crippen LogP contribution in [0, 0.1) is 0 Å². The van der Waals surface area contributed by atoms with Crippen molar-refractivity contribution in [1.82, 2.24) is 0 Å². The van der Waals surface area contributed by atoms with Gasteiger partial charge in [-0.05, 0) is 12.1 Å². The van der Waals surface area contributed by atoms with Gasteiger partial charge in [0, 0.05) is 13.2 Å². The normalized spacial score (nSPS) is 10.0. The zero-order valence-corrected chi connectivity index (χ0v) is 10.8. The fourth-order valence-corrected chi connectivity index (χ4v) is 1.45. The van der Waals surface area contributed by atoms with Crippen LogP contribution in [0.15, 0.2) is 18.2 Å². The second-order valence-corrected chi connectivity index (χ2v) is 3.70. The maximum atomic E-state index is 11.8. The van der Waals surface area contributed by atoms with Crippen LogP contribution in [0.1, 0.15) is 16.8 Å². The van der Waals surface area contributed by atoms with Crippen LogP contribution in [-0.4, -0.2) is 44.3 Å². The third kappa shape index (κ3) is 4.59. The number of methoxy groups -OCH3 is 2. The van der Waals surface area contributed by atoms with E-state index in [1.807, 2.05) is 0 Å². The Hall–Kier alpha value is -2.08. The smallest absolute Gasteiger partial charge is 0.311 e. The zero-order valence-electron chi connectivity index (χ0n) is 10.8. The Balaban J connectivity index is 2.94. The molecule has 0 fully saturated rings. The first-order valence-electron chi connectivity index (χ1n) is 5.63. The van der Waals surface area contributed by atoms with E-state index < -0.39 is 18.2 Å². The van der Waals surface area contributed by atoms with E-state index in [4.69, 9.17) is 19.3 Å². The number of carbonyl (C=O) groups excluding carboxylic acids is 1. The van der Waals surface area contributed by atoms with Gasteiger partial charge in [-0.15, -0.1) is 0 Å². The van der Waals surface area contributed by atoms with Crippen molar-refractivity contribution in [3.8, 4) is 11.5 Å². The summed E-state index contributed by atoms with van der Waals surface area (Å²) in [6.45, 7) is 0.626. The maximum Gasteiger partial charge on any atom is 0.311 e. The average molecular weight is 268 g/mol. The first-order valence-corrected chi connectivity index (χ1v) is 5.63. The summed E-state index contributed by atoms with van der Waals surface area (Å²) in [7, 11) is 3.03. The van der Waals surface area contributed by atoms with E-state index in [0.717, 1.165) is 0 Å². The number of Topliss-reactive ketones (excluding diaryl/α,β-unsaturated/α-hetero) is 1. The Morgan fingerprint density at radius 3 is 2.53 bits per heavy atom. The van der Waals surface area contributed by atoms with E-state index in [1.54, 1.807) is 12.1 Å². The number of ketones is 1. The lowest BCUT2D eigenvalue weighted by molar-refractivity contribution is -0.135. The number of hydrogen-bond acceptors (Lipinski definition) is 5. The van der Waals surface area contributed by atoms with Crippen molar-refractivity contribution in [2.45, 2.75) is 6.42 Å². The van der Waals surface area contributed by atoms with E-state index in [0.29, 0.717) is 18.1 Å². The van der Waals surface area contributed by atoms with Crippen molar-refractivity contribution in [3.05, 3.63) is 23.8 Å². The van der Waals surface area contributed by atoms with E-state index in [1.165, 1.54) is 20.3 Å². The molecular formula is C13H16O6. The Morgan fingerprint density at radius 2 is 1.95 bits per heavy atom. The molecule has 0 amide bonds. The molecule has 104 valence electrons. The summed E-state index contributed by atoms with van der Waals surface area (Å²) >= 11 is 0. The molecular weight excluding hydrogens is 252 g/mol. The minimum atomic E-state index is -1.18. The van der Waals surface area contributed by atoms with Gasteiger partial charge in [-0.2, -0.15) is 0 Å². The lowest BCUT2D eigenvalue weighted by atomic mass is 10.1. The predicted molar refractivity (Wildman–Crippen MR) is 66.9 cm³/mol. The van der Waals surface area contributed by atoms with Crippen LogP contribution in [0.2, 0.25) is 0 Å². The van der Waals surface area contributed by atoms with Crippen molar-refractivity contribution >= 4 is 11.8 Å². The van der Waals surface area contributed by atoms with Crippen molar-refractivity contribution in [2.24, 2.45) is 0 Å². The highest BCUT2D eigenvalue weighted by molar-refractivity contribution is 6.07. The van der Waals surface area contributed by atoms with Crippen LogP contribution in [0.25, 0.3) is 0 Å². The molecule has 0 aliphatic carbocycles. The molecule has 1 aromatic rings. The highest BCUT2D eigenvalue weighted by atomic mass is 16.5. The summed E-state index contributed by atoms with van der Waals surface area (Å²) in [4.78, 5) is 22.3. The number of carbonyl (C=O) groups is 2. The van der Waals surface area contributed by atoms with E-state index in [9.17, 15) is 9.59 Å². The summed E-state index contributed by atoms with van der Waals surface area (Å²) in [5.41, 5.74) is 0.222. The standard InChI is InChI=1S/C13H16O6/c1-17-5-6-19-12-7-9(18-2)3-4-10(12)11(14)8-13(15)16/h3-4,7H,5-6,8H2,1-2H3,(H,15,16). The molecule has 0 atom stereocenters. The number of hydrogen-bond donors (Lipinski definition) is 1. The fourth-order valence-electron chi connectivity index (χ4n) is 1.45. The van der Waals surface area contributed by atoms with Crippen LogP contribution < -0.4 is 9.47 Å². The fraction of sp³-hybridized carbons (Fsp3) is 0.385. The molecule has 6 heteroatoms. The number of aliphatic carboxylic acids is 1. The SMILES string of the molecule is COCCOc1cc(OC)ccc1C(=O)CC(=O)O. The second kappa shape index (κ2) is 7.38. The summed E-state index contributed by atoms with van der Waals surface area (Å²) in [6, 6.07) is 4.62. The number of carboxylic acids is 1. The van der Waals surface area contributed by atoms with Gasteiger partial charge in [0.05, 0.1) is 19.3 Å². The molecule has 0 saturated heterocycles. The molecule has 0 aromatic heterocycles. The van der Waals surface area contributed by atoms with Gasteiger partial charge in [-0.3, -0.25) is 9.59 Å². The van der Waals surface area contributed by atoms with Gasteiger partial charge in [0.2, 0.25) is 0 Å². The van der Waals surface area contributed by atoms with Crippen LogP contribution >= 0.6 is 0 Å². The minimum Gasteiger partial charge on any atom is -0.497 e. The Morgan fingerprint density at radius 1 is 1.21 bits per heavy atom. The number of carboxylic acid groups (broad SMARTS) is 1. The van der Waals surface area contributed by atoms with Gasteiger partial charge in [-0.1, -0.05) is 0 Å². The van der Waals surface area contributed by atoms with Gasteiger partial charge >= 0.3 is 5.97 Å². The largest absolute Gasteiger partial charge is 0.497 e. The topological polar surface area (TPSA) is 82.1 Å². The molecule has 0 heterocycles. The molecule has 0 aliphatic heterocycles. The lowest BCUT2D eigenvalue weighted by Crippen LogP contribution is -2.11. The predicted octanol–water partition coefficient (Wildman–Crippen LogP) is 1.38. The molecule has 1 aromatic carbocycles. The summed E-state index contributed by atoms with van der Waals surface area (Å²) in [5, 5.41) is 8.64. The molecule has 19 heavy (non-hydrogen) atoms. The van der Waals surface area contributed by atoms with Crippen molar-refractivity contribution in [1.29, 1.82) is 0 Å². The van der Waals surface area contributed by atoms with Gasteiger partial charge in [-0.25, -0.2) is 0 Å². The third-order valence-corrected chi connectivity index (χ3v) is 2.35. The quantitative estimate of drug-likeness (QED) is 0.435. The molecule has 1 rings (SSSR count). The van der Waals surface area contributed by atoms with Crippen molar-refractivity contribution < 1.29 is 28.9 Å². The van der Waals surface area contributed by atoms with Gasteiger partial charge in [0.15, 0.2) is 5.78 Å². The van der Waals surface area contributed by atoms with Crippen LogP contribution in [0.5, 0.6) is 11.5 Å². The summed E-state index contributed by atoms with van der Waals surface area (Å²) in [6.07, 6.45) is -0.576. The molecule has 0 aliphatic rings. The number of benzene rings is 1. The van der Waals surface area contributed by atoms with Gasteiger partial charge in [0.25, 0.3) is 0 Å². The first-order chi connectivity index (χ1) is 9.08. The Kier molecular flexibility index (Phi) is 5.81. The molecule has 0 radical (unpaired) electrons. The zero-order chi connectivity index (χ0) is 14.3. The molecule has 0 spiro atoms. The van der Waals surface area contributed by atoms with Crippen LogP contribution in [-0.2, 0) is 9.53 Å². The summed E-state index contributed by atoms with van der Waals surface area (Å²) in [5.74, 6) is -0.867. The maximum absolute atomic E-state index is 11.8. The average Bonchev–Trinajstić information content (AvgIpc) is 2.38. The van der Waals surface area contributed by atoms with E-state index >= 15 is 0 Å². The van der Waals surface area contributed by atoms with Crippen molar-refractivity contribution in [3.63, 3.8) is 0 Å². The van der Waals surface area contributed by atoms with Gasteiger partial charge < -0.3 is 19.3 Å². The Bertz CT molecular complexity index is 454. The molecule has 0 saturated carbocycles. The molecule has 6 nitrogen and oxygen atoms in total. The molecule has 0 bridgehead atoms. The lowest BCUT2D eigenvalue weighted by Gasteiger charge is -2.11. The van der Waals surface area contributed by atoms with Crippen LogP contribution in [0.4, 0.5) is 0 Å². The van der Waals surface area contributed by atoms with Crippen molar-refractivity contribution in [2.75, 3.05) is 27.4 Å². The third-order valence-electron chi connectivity index (χ3n) is 2.35. The first kappa shape index (κ1) is 15.0. The highest BCUT2D eigenvalue weighted by Crippen LogP contribution is 2.26.